The van der Waals surface area contributed by atoms with Crippen LogP contribution in [0.5, 0.6) is 5.75 Å². The van der Waals surface area contributed by atoms with Crippen molar-refractivity contribution >= 4 is 23.6 Å². The number of nitrogens with two attached hydrogens (primary N) is 1. The third-order valence-electron chi connectivity index (χ3n) is 4.17. The van der Waals surface area contributed by atoms with Crippen molar-refractivity contribution in [1.29, 1.82) is 5.41 Å². The van der Waals surface area contributed by atoms with Crippen LogP contribution in [-0.4, -0.2) is 43.8 Å². The van der Waals surface area contributed by atoms with Crippen LogP contribution in [0.1, 0.15) is 22.8 Å². The molecule has 3 rings (SSSR count). The van der Waals surface area contributed by atoms with E-state index in [0.717, 1.165) is 0 Å². The predicted molar refractivity (Wildman–Crippen MR) is 103 cm³/mol. The molecule has 2 aromatic carbocycles. The van der Waals surface area contributed by atoms with Crippen molar-refractivity contribution in [3.63, 3.8) is 0 Å². The fraction of sp³-hybridized carbons (Fsp3) is 0.250. The Kier molecular flexibility index (Phi) is 5.78. The first kappa shape index (κ1) is 19.2. The molecule has 8 heteroatoms. The van der Waals surface area contributed by atoms with Crippen LogP contribution in [0.15, 0.2) is 48.5 Å². The van der Waals surface area contributed by atoms with Gasteiger partial charge in [0.2, 0.25) is 0 Å². The second-order valence-corrected chi connectivity index (χ2v) is 6.10. The number of hydrogen-bond donors (Lipinski definition) is 2. The van der Waals surface area contributed by atoms with Crippen LogP contribution in [-0.2, 0) is 9.47 Å². The highest BCUT2D eigenvalue weighted by Crippen LogP contribution is 2.24. The minimum atomic E-state index is -0.491. The van der Waals surface area contributed by atoms with E-state index in [0.29, 0.717) is 29.1 Å². The Hall–Kier alpha value is -3.55. The van der Waals surface area contributed by atoms with Gasteiger partial charge in [0.25, 0.3) is 0 Å². The first-order valence-electron chi connectivity index (χ1n) is 8.81. The molecule has 28 heavy (non-hydrogen) atoms. The molecule has 0 radical (unpaired) electrons. The predicted octanol–water partition coefficient (Wildman–Crippen LogP) is 2.55. The molecule has 1 unspecified atom stereocenters. The number of hydrogen-bond acceptors (Lipinski definition) is 6. The summed E-state index contributed by atoms with van der Waals surface area (Å²) >= 11 is 0. The van der Waals surface area contributed by atoms with E-state index in [9.17, 15) is 9.59 Å². The van der Waals surface area contributed by atoms with Gasteiger partial charge in [0.1, 0.15) is 23.8 Å². The largest absolute Gasteiger partial charge is 0.489 e. The lowest BCUT2D eigenvalue weighted by atomic mass is 10.2. The third-order valence-corrected chi connectivity index (χ3v) is 4.17. The van der Waals surface area contributed by atoms with Crippen molar-refractivity contribution in [2.75, 3.05) is 24.7 Å². The number of amidine groups is 1. The molecule has 1 heterocycles. The van der Waals surface area contributed by atoms with Gasteiger partial charge < -0.3 is 19.9 Å². The first-order valence-corrected chi connectivity index (χ1v) is 8.81. The van der Waals surface area contributed by atoms with E-state index >= 15 is 0 Å². The van der Waals surface area contributed by atoms with Crippen molar-refractivity contribution in [2.24, 2.45) is 5.73 Å². The molecule has 8 nitrogen and oxygen atoms in total. The summed E-state index contributed by atoms with van der Waals surface area (Å²) in [5, 5.41) is 7.42. The number of carbonyl (C=O) groups is 2. The third kappa shape index (κ3) is 4.22. The topological polar surface area (TPSA) is 115 Å². The maximum absolute atomic E-state index is 12.2. The highest BCUT2D eigenvalue weighted by molar-refractivity contribution is 5.96. The highest BCUT2D eigenvalue weighted by Gasteiger charge is 2.33. The fourth-order valence-electron chi connectivity index (χ4n) is 2.79. The van der Waals surface area contributed by atoms with Gasteiger partial charge in [0.05, 0.1) is 13.2 Å². The van der Waals surface area contributed by atoms with Gasteiger partial charge in [-0.2, -0.15) is 0 Å². The number of para-hydroxylation sites is 1. The average molecular weight is 383 g/mol. The molecular weight excluding hydrogens is 362 g/mol. The molecular formula is C20H21N3O5. The van der Waals surface area contributed by atoms with E-state index < -0.39 is 18.2 Å². The molecule has 0 spiro atoms. The van der Waals surface area contributed by atoms with E-state index in [2.05, 4.69) is 0 Å². The van der Waals surface area contributed by atoms with Gasteiger partial charge in [0.15, 0.2) is 6.10 Å². The van der Waals surface area contributed by atoms with Gasteiger partial charge in [-0.05, 0) is 43.3 Å². The van der Waals surface area contributed by atoms with E-state index in [1.165, 1.54) is 4.90 Å². The lowest BCUT2D eigenvalue weighted by Crippen LogP contribution is -2.27. The summed E-state index contributed by atoms with van der Waals surface area (Å²) in [5.41, 5.74) is 6.99. The molecule has 1 aliphatic heterocycles. The Labute approximate surface area is 162 Å². The van der Waals surface area contributed by atoms with Gasteiger partial charge >= 0.3 is 12.1 Å². The minimum Gasteiger partial charge on any atom is -0.489 e. The van der Waals surface area contributed by atoms with Gasteiger partial charge in [-0.1, -0.05) is 12.1 Å². The van der Waals surface area contributed by atoms with E-state index in [1.54, 1.807) is 55.5 Å². The molecule has 1 fully saturated rings. The quantitative estimate of drug-likeness (QED) is 0.431. The fourth-order valence-corrected chi connectivity index (χ4v) is 2.79. The number of cyclic esters (lactones) is 1. The lowest BCUT2D eigenvalue weighted by molar-refractivity contribution is 0.0516. The highest BCUT2D eigenvalue weighted by atomic mass is 16.6. The van der Waals surface area contributed by atoms with Crippen LogP contribution in [0, 0.1) is 5.41 Å². The summed E-state index contributed by atoms with van der Waals surface area (Å²) in [6.45, 7) is 2.41. The molecule has 1 saturated heterocycles. The molecule has 0 bridgehead atoms. The smallest absolute Gasteiger partial charge is 0.414 e. The molecule has 1 amide bonds. The second kappa shape index (κ2) is 8.43. The first-order chi connectivity index (χ1) is 13.5. The number of esters is 1. The van der Waals surface area contributed by atoms with E-state index in [4.69, 9.17) is 25.4 Å². The zero-order valence-corrected chi connectivity index (χ0v) is 15.4. The Morgan fingerprint density at radius 1 is 1.25 bits per heavy atom. The van der Waals surface area contributed by atoms with Gasteiger partial charge in [-0.15, -0.1) is 0 Å². The van der Waals surface area contributed by atoms with Crippen molar-refractivity contribution < 1.29 is 23.8 Å². The monoisotopic (exact) mass is 383 g/mol. The Bertz CT molecular complexity index is 882. The zero-order valence-electron chi connectivity index (χ0n) is 15.4. The van der Waals surface area contributed by atoms with Gasteiger partial charge in [-0.3, -0.25) is 10.3 Å². The zero-order chi connectivity index (χ0) is 20.1. The summed E-state index contributed by atoms with van der Waals surface area (Å²) in [7, 11) is 0. The molecule has 1 aliphatic rings. The molecule has 0 saturated carbocycles. The number of rotatable bonds is 7. The maximum Gasteiger partial charge on any atom is 0.414 e. The molecule has 3 N–H and O–H groups in total. The standard InChI is InChI=1S/C20H21N3O5/c1-2-26-19(24)16-5-3-4-6-17(16)27-12-15-11-23(20(25)28-15)14-9-7-13(8-10-14)18(21)22/h3-10,15H,2,11-12H2,1H3,(H3,21,22). The van der Waals surface area contributed by atoms with Crippen LogP contribution in [0.25, 0.3) is 0 Å². The summed E-state index contributed by atoms with van der Waals surface area (Å²) in [5.74, 6) is -0.128. The summed E-state index contributed by atoms with van der Waals surface area (Å²) in [6, 6.07) is 13.5. The van der Waals surface area contributed by atoms with Crippen molar-refractivity contribution in [3.05, 3.63) is 59.7 Å². The van der Waals surface area contributed by atoms with Gasteiger partial charge in [-0.25, -0.2) is 9.59 Å². The lowest BCUT2D eigenvalue weighted by Gasteiger charge is -2.14. The number of nitrogens with zero attached hydrogens (tertiary/aromatic N) is 1. The van der Waals surface area contributed by atoms with Gasteiger partial charge in [0, 0.05) is 11.3 Å². The van der Waals surface area contributed by atoms with E-state index in [-0.39, 0.29) is 19.0 Å². The average Bonchev–Trinajstić information content (AvgIpc) is 3.07. The normalized spacial score (nSPS) is 15.8. The number of ether oxygens (including phenoxy) is 3. The number of nitrogens with one attached hydrogen (secondary N) is 1. The molecule has 1 atom stereocenters. The minimum absolute atomic E-state index is 0.0397. The van der Waals surface area contributed by atoms with Crippen LogP contribution >= 0.6 is 0 Å². The number of carbonyl (C=O) groups excluding carboxylic acids is 2. The van der Waals surface area contributed by atoms with Crippen LogP contribution in [0.2, 0.25) is 0 Å². The number of benzene rings is 2. The van der Waals surface area contributed by atoms with Crippen LogP contribution in [0.3, 0.4) is 0 Å². The second-order valence-electron chi connectivity index (χ2n) is 6.10. The SMILES string of the molecule is CCOC(=O)c1ccccc1OCC1CN(c2ccc(C(=N)N)cc2)C(=O)O1. The van der Waals surface area contributed by atoms with Crippen LogP contribution in [0.4, 0.5) is 10.5 Å². The van der Waals surface area contributed by atoms with Crippen LogP contribution < -0.4 is 15.4 Å². The Morgan fingerprint density at radius 3 is 2.64 bits per heavy atom. The number of nitrogen functional groups attached to an aromatic ring is 1. The molecule has 0 aliphatic carbocycles. The molecule has 146 valence electrons. The maximum atomic E-state index is 12.2. The summed E-state index contributed by atoms with van der Waals surface area (Å²) in [6.07, 6.45) is -0.974. The van der Waals surface area contributed by atoms with Crippen molar-refractivity contribution in [2.45, 2.75) is 13.0 Å². The van der Waals surface area contributed by atoms with Crippen molar-refractivity contribution in [1.82, 2.24) is 0 Å². The summed E-state index contributed by atoms with van der Waals surface area (Å²) < 4.78 is 16.1. The number of amides is 1. The van der Waals surface area contributed by atoms with E-state index in [1.807, 2.05) is 0 Å². The van der Waals surface area contributed by atoms with Crippen molar-refractivity contribution in [3.8, 4) is 5.75 Å². The number of anilines is 1. The molecule has 0 aromatic heterocycles. The summed E-state index contributed by atoms with van der Waals surface area (Å²) in [4.78, 5) is 25.7. The Morgan fingerprint density at radius 2 is 1.96 bits per heavy atom. The Balaban J connectivity index is 1.64. The molecule has 2 aromatic rings.